The van der Waals surface area contributed by atoms with Crippen molar-refractivity contribution < 1.29 is 19.1 Å². The van der Waals surface area contributed by atoms with Gasteiger partial charge in [0.25, 0.3) is 5.91 Å². The van der Waals surface area contributed by atoms with Gasteiger partial charge in [0.2, 0.25) is 0 Å². The average Bonchev–Trinajstić information content (AvgIpc) is 2.89. The van der Waals surface area contributed by atoms with Crippen LogP contribution in [0.2, 0.25) is 0 Å². The number of nitrogens with one attached hydrogen (secondary N) is 1. The van der Waals surface area contributed by atoms with E-state index in [1.54, 1.807) is 6.07 Å². The lowest BCUT2D eigenvalue weighted by molar-refractivity contribution is -0.149. The van der Waals surface area contributed by atoms with Crippen molar-refractivity contribution in [2.24, 2.45) is 5.41 Å². The minimum Gasteiger partial charge on any atom is -0.481 e. The molecule has 5 nitrogen and oxygen atoms in total. The highest BCUT2D eigenvalue weighted by atomic mass is 16.4. The second kappa shape index (κ2) is 6.59. The Bertz CT molecular complexity index is 472. The Morgan fingerprint density at radius 1 is 1.35 bits per heavy atom. The normalized spacial score (nSPS) is 11.7. The van der Waals surface area contributed by atoms with Crippen LogP contribution in [-0.4, -0.2) is 23.5 Å². The highest BCUT2D eigenvalue weighted by Gasteiger charge is 2.35. The van der Waals surface area contributed by atoms with Gasteiger partial charge in [-0.3, -0.25) is 9.59 Å². The van der Waals surface area contributed by atoms with Gasteiger partial charge in [0.15, 0.2) is 0 Å². The minimum absolute atomic E-state index is 0.104. The molecule has 1 heterocycles. The molecule has 2 N–H and O–H groups in total. The molecule has 1 aromatic heterocycles. The third-order valence-electron chi connectivity index (χ3n) is 3.86. The van der Waals surface area contributed by atoms with Crippen LogP contribution >= 0.6 is 0 Å². The summed E-state index contributed by atoms with van der Waals surface area (Å²) in [4.78, 5) is 23.6. The van der Waals surface area contributed by atoms with Crippen molar-refractivity contribution in [3.63, 3.8) is 0 Å². The number of hydrogen-bond donors (Lipinski definition) is 2. The monoisotopic (exact) mass is 281 g/mol. The van der Waals surface area contributed by atoms with Crippen LogP contribution in [0, 0.1) is 5.41 Å². The van der Waals surface area contributed by atoms with Crippen molar-refractivity contribution in [3.05, 3.63) is 23.7 Å². The maximum Gasteiger partial charge on any atom is 0.311 e. The van der Waals surface area contributed by atoms with Crippen LogP contribution < -0.4 is 5.32 Å². The summed E-state index contributed by atoms with van der Waals surface area (Å²) < 4.78 is 5.30. The van der Waals surface area contributed by atoms with Crippen molar-refractivity contribution in [1.82, 2.24) is 5.32 Å². The van der Waals surface area contributed by atoms with E-state index in [4.69, 9.17) is 4.42 Å². The topological polar surface area (TPSA) is 79.5 Å². The van der Waals surface area contributed by atoms with E-state index >= 15 is 0 Å². The zero-order chi connectivity index (χ0) is 15.3. The molecule has 0 radical (unpaired) electrons. The summed E-state index contributed by atoms with van der Waals surface area (Å²) in [6.07, 6.45) is 2.43. The molecule has 0 spiro atoms. The molecule has 1 rings (SSSR count). The van der Waals surface area contributed by atoms with Gasteiger partial charge in [0, 0.05) is 12.5 Å². The third-order valence-corrected chi connectivity index (χ3v) is 3.86. The van der Waals surface area contributed by atoms with Crippen LogP contribution in [0.4, 0.5) is 0 Å². The molecular formula is C15H23NO4. The van der Waals surface area contributed by atoms with Crippen molar-refractivity contribution >= 4 is 11.9 Å². The van der Waals surface area contributed by atoms with Gasteiger partial charge in [0.1, 0.15) is 5.76 Å². The molecule has 0 bridgehead atoms. The zero-order valence-corrected chi connectivity index (χ0v) is 12.5. The Morgan fingerprint density at radius 3 is 2.40 bits per heavy atom. The zero-order valence-electron chi connectivity index (χ0n) is 12.5. The SMILES string of the molecule is CCC(CC)(CNC(=O)c1ccoc1C(C)C)C(=O)O. The predicted molar refractivity (Wildman–Crippen MR) is 75.8 cm³/mol. The Morgan fingerprint density at radius 2 is 1.95 bits per heavy atom. The molecule has 0 aromatic carbocycles. The first-order valence-corrected chi connectivity index (χ1v) is 6.97. The highest BCUT2D eigenvalue weighted by Crippen LogP contribution is 2.26. The molecule has 0 aliphatic rings. The van der Waals surface area contributed by atoms with E-state index in [2.05, 4.69) is 5.32 Å². The van der Waals surface area contributed by atoms with Crippen LogP contribution in [0.1, 0.15) is 62.6 Å². The van der Waals surface area contributed by atoms with Crippen LogP contribution in [0.25, 0.3) is 0 Å². The largest absolute Gasteiger partial charge is 0.481 e. The smallest absolute Gasteiger partial charge is 0.311 e. The Balaban J connectivity index is 2.81. The molecule has 0 fully saturated rings. The fourth-order valence-electron chi connectivity index (χ4n) is 2.18. The predicted octanol–water partition coefficient (Wildman–Crippen LogP) is 3.02. The van der Waals surface area contributed by atoms with E-state index in [-0.39, 0.29) is 18.4 Å². The molecule has 1 amide bonds. The van der Waals surface area contributed by atoms with Crippen molar-refractivity contribution in [1.29, 1.82) is 0 Å². The Hall–Kier alpha value is -1.78. The molecule has 0 aliphatic heterocycles. The second-order valence-electron chi connectivity index (χ2n) is 5.33. The van der Waals surface area contributed by atoms with Gasteiger partial charge in [-0.05, 0) is 18.9 Å². The molecule has 5 heteroatoms. The first-order chi connectivity index (χ1) is 9.38. The van der Waals surface area contributed by atoms with Gasteiger partial charge in [-0.25, -0.2) is 0 Å². The van der Waals surface area contributed by atoms with E-state index in [0.29, 0.717) is 24.2 Å². The molecule has 0 saturated heterocycles. The van der Waals surface area contributed by atoms with E-state index in [1.807, 2.05) is 27.7 Å². The first-order valence-electron chi connectivity index (χ1n) is 6.97. The number of amides is 1. The maximum atomic E-state index is 12.2. The van der Waals surface area contributed by atoms with Gasteiger partial charge in [-0.1, -0.05) is 27.7 Å². The molecule has 20 heavy (non-hydrogen) atoms. The summed E-state index contributed by atoms with van der Waals surface area (Å²) in [6, 6.07) is 1.62. The minimum atomic E-state index is -0.905. The number of hydrogen-bond acceptors (Lipinski definition) is 3. The lowest BCUT2D eigenvalue weighted by atomic mass is 9.82. The van der Waals surface area contributed by atoms with Gasteiger partial charge in [-0.2, -0.15) is 0 Å². The van der Waals surface area contributed by atoms with Crippen LogP contribution in [0.15, 0.2) is 16.7 Å². The molecular weight excluding hydrogens is 258 g/mol. The molecule has 0 aliphatic carbocycles. The third kappa shape index (κ3) is 3.21. The molecule has 0 atom stereocenters. The number of carboxylic acid groups (broad SMARTS) is 1. The summed E-state index contributed by atoms with van der Waals surface area (Å²) >= 11 is 0. The van der Waals surface area contributed by atoms with Gasteiger partial charge in [-0.15, -0.1) is 0 Å². The Labute approximate surface area is 119 Å². The van der Waals surface area contributed by atoms with Gasteiger partial charge in [0.05, 0.1) is 17.2 Å². The lowest BCUT2D eigenvalue weighted by Crippen LogP contribution is -2.42. The van der Waals surface area contributed by atoms with E-state index < -0.39 is 11.4 Å². The van der Waals surface area contributed by atoms with E-state index in [1.165, 1.54) is 6.26 Å². The van der Waals surface area contributed by atoms with Gasteiger partial charge >= 0.3 is 5.97 Å². The van der Waals surface area contributed by atoms with Crippen molar-refractivity contribution in [2.45, 2.75) is 46.5 Å². The van der Waals surface area contributed by atoms with E-state index in [9.17, 15) is 14.7 Å². The van der Waals surface area contributed by atoms with Crippen LogP contribution in [0.3, 0.4) is 0 Å². The average molecular weight is 281 g/mol. The lowest BCUT2D eigenvalue weighted by Gasteiger charge is -2.26. The molecule has 112 valence electrons. The van der Waals surface area contributed by atoms with Crippen LogP contribution in [0.5, 0.6) is 0 Å². The maximum absolute atomic E-state index is 12.2. The first kappa shape index (κ1) is 16.3. The number of furan rings is 1. The number of carbonyl (C=O) groups excluding carboxylic acids is 1. The molecule has 0 unspecified atom stereocenters. The number of aliphatic carboxylic acids is 1. The molecule has 1 aromatic rings. The number of rotatable bonds is 7. The fraction of sp³-hybridized carbons (Fsp3) is 0.600. The van der Waals surface area contributed by atoms with E-state index in [0.717, 1.165) is 0 Å². The summed E-state index contributed by atoms with van der Waals surface area (Å²) in [7, 11) is 0. The Kier molecular flexibility index (Phi) is 5.36. The van der Waals surface area contributed by atoms with Crippen LogP contribution in [-0.2, 0) is 4.79 Å². The summed E-state index contributed by atoms with van der Waals surface area (Å²) in [5.74, 6) is -0.433. The summed E-state index contributed by atoms with van der Waals surface area (Å²) in [5, 5.41) is 12.1. The quantitative estimate of drug-likeness (QED) is 0.805. The standard InChI is InChI=1S/C15H23NO4/c1-5-15(6-2,14(18)19)9-16-13(17)11-7-8-20-12(11)10(3)4/h7-8,10H,5-6,9H2,1-4H3,(H,16,17)(H,18,19). The summed E-state index contributed by atoms with van der Waals surface area (Å²) in [5.41, 5.74) is -0.427. The molecule has 0 saturated carbocycles. The van der Waals surface area contributed by atoms with Crippen molar-refractivity contribution in [2.75, 3.05) is 6.54 Å². The van der Waals surface area contributed by atoms with Gasteiger partial charge < -0.3 is 14.8 Å². The second-order valence-corrected chi connectivity index (χ2v) is 5.33. The summed E-state index contributed by atoms with van der Waals surface area (Å²) in [6.45, 7) is 7.64. The number of carboxylic acids is 1. The number of carbonyl (C=O) groups is 2. The fourth-order valence-corrected chi connectivity index (χ4v) is 2.18. The highest BCUT2D eigenvalue weighted by molar-refractivity contribution is 5.95. The van der Waals surface area contributed by atoms with Crippen molar-refractivity contribution in [3.8, 4) is 0 Å².